The number of amides is 1. The van der Waals surface area contributed by atoms with Crippen molar-refractivity contribution >= 4 is 16.9 Å². The SMILES string of the molecule is CC(NC(=O)c1ccco1)c1nc(-c2ccc3c(c2)[nH]c(=O)c(=O)n3C(C)C)no1. The Morgan fingerprint density at radius 1 is 1.20 bits per heavy atom. The van der Waals surface area contributed by atoms with Crippen molar-refractivity contribution in [1.29, 1.82) is 0 Å². The van der Waals surface area contributed by atoms with E-state index in [0.717, 1.165) is 0 Å². The van der Waals surface area contributed by atoms with E-state index in [1.807, 2.05) is 13.8 Å². The van der Waals surface area contributed by atoms with Gasteiger partial charge in [-0.15, -0.1) is 0 Å². The zero-order valence-electron chi connectivity index (χ0n) is 16.5. The van der Waals surface area contributed by atoms with Crippen molar-refractivity contribution in [2.24, 2.45) is 0 Å². The highest BCUT2D eigenvalue weighted by Gasteiger charge is 2.20. The zero-order chi connectivity index (χ0) is 21.4. The third-order valence-electron chi connectivity index (χ3n) is 4.60. The summed E-state index contributed by atoms with van der Waals surface area (Å²) in [6, 6.07) is 7.58. The van der Waals surface area contributed by atoms with Crippen LogP contribution in [0.15, 0.2) is 55.1 Å². The molecular weight excluding hydrogens is 390 g/mol. The van der Waals surface area contributed by atoms with Crippen molar-refractivity contribution in [1.82, 2.24) is 25.0 Å². The zero-order valence-corrected chi connectivity index (χ0v) is 16.5. The van der Waals surface area contributed by atoms with Crippen molar-refractivity contribution in [2.45, 2.75) is 32.9 Å². The lowest BCUT2D eigenvalue weighted by Gasteiger charge is -2.13. The summed E-state index contributed by atoms with van der Waals surface area (Å²) in [5.74, 6) is 0.276. The van der Waals surface area contributed by atoms with Crippen LogP contribution in [0.1, 0.15) is 49.3 Å². The van der Waals surface area contributed by atoms with E-state index in [4.69, 9.17) is 8.94 Å². The molecule has 0 aliphatic heterocycles. The Labute approximate surface area is 169 Å². The van der Waals surface area contributed by atoms with Gasteiger partial charge in [0.15, 0.2) is 5.76 Å². The van der Waals surface area contributed by atoms with Crippen LogP contribution in [0.5, 0.6) is 0 Å². The Balaban J connectivity index is 1.64. The van der Waals surface area contributed by atoms with E-state index in [-0.39, 0.29) is 23.5 Å². The van der Waals surface area contributed by atoms with Gasteiger partial charge in [0.05, 0.1) is 17.3 Å². The Kier molecular flexibility index (Phi) is 4.82. The average molecular weight is 409 g/mol. The van der Waals surface area contributed by atoms with Crippen LogP contribution in [0.4, 0.5) is 0 Å². The molecule has 0 radical (unpaired) electrons. The summed E-state index contributed by atoms with van der Waals surface area (Å²) < 4.78 is 11.8. The van der Waals surface area contributed by atoms with Gasteiger partial charge in [0, 0.05) is 11.6 Å². The predicted octanol–water partition coefficient (Wildman–Crippen LogP) is 2.40. The molecule has 4 rings (SSSR count). The number of furan rings is 1. The number of aromatic nitrogens is 4. The maximum Gasteiger partial charge on any atom is 0.316 e. The molecule has 1 atom stereocenters. The minimum atomic E-state index is -0.698. The fraction of sp³-hybridized carbons (Fsp3) is 0.250. The quantitative estimate of drug-likeness (QED) is 0.483. The molecule has 1 aromatic carbocycles. The number of nitrogens with zero attached hydrogens (tertiary/aromatic N) is 3. The van der Waals surface area contributed by atoms with Gasteiger partial charge in [-0.3, -0.25) is 19.0 Å². The van der Waals surface area contributed by atoms with Crippen LogP contribution >= 0.6 is 0 Å². The molecule has 10 heteroatoms. The van der Waals surface area contributed by atoms with Gasteiger partial charge >= 0.3 is 11.1 Å². The first-order chi connectivity index (χ1) is 14.3. The van der Waals surface area contributed by atoms with Crippen LogP contribution in [0.2, 0.25) is 0 Å². The summed E-state index contributed by atoms with van der Waals surface area (Å²) in [6.07, 6.45) is 1.41. The molecule has 0 aliphatic rings. The van der Waals surface area contributed by atoms with E-state index in [0.29, 0.717) is 16.6 Å². The minimum absolute atomic E-state index is 0.177. The predicted molar refractivity (Wildman–Crippen MR) is 107 cm³/mol. The first kappa shape index (κ1) is 19.4. The van der Waals surface area contributed by atoms with Crippen molar-refractivity contribution in [3.05, 3.63) is 69.0 Å². The highest BCUT2D eigenvalue weighted by molar-refractivity contribution is 5.91. The number of hydrogen-bond donors (Lipinski definition) is 2. The summed E-state index contributed by atoms with van der Waals surface area (Å²) >= 11 is 0. The Bertz CT molecular complexity index is 1330. The van der Waals surface area contributed by atoms with Crippen LogP contribution in [-0.4, -0.2) is 25.6 Å². The Hall–Kier alpha value is -3.95. The summed E-state index contributed by atoms with van der Waals surface area (Å²) in [5.41, 5.74) is 0.369. The molecule has 30 heavy (non-hydrogen) atoms. The summed E-state index contributed by atoms with van der Waals surface area (Å²) in [7, 11) is 0. The normalized spacial score (nSPS) is 12.4. The van der Waals surface area contributed by atoms with Crippen molar-refractivity contribution in [3.63, 3.8) is 0 Å². The van der Waals surface area contributed by atoms with Crippen LogP contribution < -0.4 is 16.4 Å². The second-order valence-corrected chi connectivity index (χ2v) is 7.08. The number of nitrogens with one attached hydrogen (secondary N) is 2. The molecule has 0 saturated heterocycles. The monoisotopic (exact) mass is 409 g/mol. The first-order valence-corrected chi connectivity index (χ1v) is 9.32. The molecule has 3 heterocycles. The van der Waals surface area contributed by atoms with Gasteiger partial charge in [-0.05, 0) is 51.1 Å². The van der Waals surface area contributed by atoms with Crippen LogP contribution in [0, 0.1) is 0 Å². The number of carbonyl (C=O) groups excluding carboxylic acids is 1. The Morgan fingerprint density at radius 3 is 2.70 bits per heavy atom. The number of fused-ring (bicyclic) bond motifs is 1. The van der Waals surface area contributed by atoms with Gasteiger partial charge in [-0.2, -0.15) is 4.98 Å². The number of carbonyl (C=O) groups is 1. The molecule has 154 valence electrons. The molecule has 0 bridgehead atoms. The summed E-state index contributed by atoms with van der Waals surface area (Å²) in [6.45, 7) is 5.37. The molecule has 0 aliphatic carbocycles. The minimum Gasteiger partial charge on any atom is -0.459 e. The number of rotatable bonds is 5. The van der Waals surface area contributed by atoms with Gasteiger partial charge in [0.2, 0.25) is 11.7 Å². The van der Waals surface area contributed by atoms with Crippen LogP contribution in [-0.2, 0) is 0 Å². The number of H-pyrrole nitrogens is 1. The third kappa shape index (κ3) is 3.43. The van der Waals surface area contributed by atoms with Crippen molar-refractivity contribution < 1.29 is 13.7 Å². The van der Waals surface area contributed by atoms with Crippen LogP contribution in [0.25, 0.3) is 22.4 Å². The van der Waals surface area contributed by atoms with E-state index in [1.54, 1.807) is 37.3 Å². The van der Waals surface area contributed by atoms with E-state index >= 15 is 0 Å². The fourth-order valence-corrected chi connectivity index (χ4v) is 3.16. The van der Waals surface area contributed by atoms with E-state index < -0.39 is 23.1 Å². The lowest BCUT2D eigenvalue weighted by molar-refractivity contribution is 0.0904. The van der Waals surface area contributed by atoms with Crippen molar-refractivity contribution in [3.8, 4) is 11.4 Å². The van der Waals surface area contributed by atoms with Gasteiger partial charge < -0.3 is 19.2 Å². The second kappa shape index (κ2) is 7.47. The third-order valence-corrected chi connectivity index (χ3v) is 4.60. The fourth-order valence-electron chi connectivity index (χ4n) is 3.16. The molecule has 4 aromatic rings. The maximum absolute atomic E-state index is 12.2. The molecule has 1 unspecified atom stereocenters. The topological polar surface area (TPSA) is 136 Å². The lowest BCUT2D eigenvalue weighted by Crippen LogP contribution is -2.37. The number of aromatic amines is 1. The summed E-state index contributed by atoms with van der Waals surface area (Å²) in [5, 5.41) is 6.67. The average Bonchev–Trinajstić information content (AvgIpc) is 3.40. The lowest BCUT2D eigenvalue weighted by atomic mass is 10.1. The molecule has 3 aromatic heterocycles. The Morgan fingerprint density at radius 2 is 2.00 bits per heavy atom. The van der Waals surface area contributed by atoms with Gasteiger partial charge in [-0.25, -0.2) is 0 Å². The standard InChI is InChI=1S/C20H19N5O5/c1-10(2)25-14-7-6-12(9-13(14)22-18(27)20(25)28)16-23-19(30-24-16)11(3)21-17(26)15-5-4-8-29-15/h4-11H,1-3H3,(H,21,26)(H,22,27). The first-order valence-electron chi connectivity index (χ1n) is 9.32. The highest BCUT2D eigenvalue weighted by Crippen LogP contribution is 2.23. The van der Waals surface area contributed by atoms with Crippen molar-refractivity contribution in [2.75, 3.05) is 0 Å². The molecular formula is C20H19N5O5. The molecule has 0 fully saturated rings. The molecule has 0 spiro atoms. The van der Waals surface area contributed by atoms with Gasteiger partial charge in [0.25, 0.3) is 5.91 Å². The molecule has 2 N–H and O–H groups in total. The highest BCUT2D eigenvalue weighted by atomic mass is 16.5. The largest absolute Gasteiger partial charge is 0.459 e. The number of benzene rings is 1. The maximum atomic E-state index is 12.2. The number of hydrogen-bond acceptors (Lipinski definition) is 7. The van der Waals surface area contributed by atoms with E-state index in [9.17, 15) is 14.4 Å². The van der Waals surface area contributed by atoms with Gasteiger partial charge in [-0.1, -0.05) is 5.16 Å². The smallest absolute Gasteiger partial charge is 0.316 e. The van der Waals surface area contributed by atoms with Crippen LogP contribution in [0.3, 0.4) is 0 Å². The molecule has 10 nitrogen and oxygen atoms in total. The second-order valence-electron chi connectivity index (χ2n) is 7.08. The van der Waals surface area contributed by atoms with E-state index in [1.165, 1.54) is 10.8 Å². The van der Waals surface area contributed by atoms with E-state index in [2.05, 4.69) is 20.4 Å². The van der Waals surface area contributed by atoms with Gasteiger partial charge in [0.1, 0.15) is 6.04 Å². The summed E-state index contributed by atoms with van der Waals surface area (Å²) in [4.78, 5) is 43.2. The molecule has 0 saturated carbocycles. The molecule has 1 amide bonds.